The number of carboxylic acids is 1. The summed E-state index contributed by atoms with van der Waals surface area (Å²) in [6, 6.07) is -0.147. The molecule has 5 nitrogen and oxygen atoms in total. The average Bonchev–Trinajstić information content (AvgIpc) is 3.04. The van der Waals surface area contributed by atoms with E-state index in [2.05, 4.69) is 0 Å². The first-order valence-corrected chi connectivity index (χ1v) is 8.60. The van der Waals surface area contributed by atoms with Crippen LogP contribution in [0.15, 0.2) is 23.1 Å². The maximum Gasteiger partial charge on any atom is 0.417 e. The predicted molar refractivity (Wildman–Crippen MR) is 73.0 cm³/mol. The van der Waals surface area contributed by atoms with Gasteiger partial charge in [0.2, 0.25) is 10.0 Å². The van der Waals surface area contributed by atoms with Crippen molar-refractivity contribution < 1.29 is 35.9 Å². The first-order chi connectivity index (χ1) is 11.0. The van der Waals surface area contributed by atoms with Crippen molar-refractivity contribution in [2.24, 2.45) is 5.92 Å². The van der Waals surface area contributed by atoms with E-state index in [0.717, 1.165) is 4.31 Å². The number of hydrogen-bond acceptors (Lipinski definition) is 3. The molecule has 132 valence electrons. The fourth-order valence-corrected chi connectivity index (χ4v) is 5.75. The Hall–Kier alpha value is -1.68. The van der Waals surface area contributed by atoms with E-state index in [4.69, 9.17) is 5.11 Å². The summed E-state index contributed by atoms with van der Waals surface area (Å²) < 4.78 is 78.9. The Kier molecular flexibility index (Phi) is 3.87. The fraction of sp³-hybridized carbons (Fsp3) is 0.500. The third-order valence-corrected chi connectivity index (χ3v) is 6.63. The minimum absolute atomic E-state index is 0.0712. The molecule has 3 rings (SSSR count). The van der Waals surface area contributed by atoms with Gasteiger partial charge in [0, 0.05) is 12.1 Å². The molecule has 2 aliphatic heterocycles. The quantitative estimate of drug-likeness (QED) is 0.833. The molecule has 2 heterocycles. The highest BCUT2D eigenvalue weighted by Gasteiger charge is 2.55. The summed E-state index contributed by atoms with van der Waals surface area (Å²) in [6.07, 6.45) is -4.29. The van der Waals surface area contributed by atoms with E-state index in [1.54, 1.807) is 0 Å². The number of sulfonamides is 1. The van der Waals surface area contributed by atoms with Crippen LogP contribution in [-0.4, -0.2) is 35.9 Å². The Balaban J connectivity index is 2.09. The highest BCUT2D eigenvalue weighted by Crippen LogP contribution is 2.46. The van der Waals surface area contributed by atoms with E-state index in [-0.39, 0.29) is 18.9 Å². The van der Waals surface area contributed by atoms with Crippen LogP contribution in [-0.2, 0) is 21.0 Å². The predicted octanol–water partition coefficient (Wildman–Crippen LogP) is 2.47. The summed E-state index contributed by atoms with van der Waals surface area (Å²) >= 11 is 0. The lowest BCUT2D eigenvalue weighted by atomic mass is 9.89. The van der Waals surface area contributed by atoms with Gasteiger partial charge >= 0.3 is 12.1 Å². The second-order valence-corrected chi connectivity index (χ2v) is 7.76. The Morgan fingerprint density at radius 1 is 1.25 bits per heavy atom. The third kappa shape index (κ3) is 2.57. The molecule has 0 saturated carbocycles. The number of fused-ring (bicyclic) bond motifs is 2. The Morgan fingerprint density at radius 3 is 2.46 bits per heavy atom. The fourth-order valence-electron chi connectivity index (χ4n) is 3.64. The molecule has 1 N–H and O–H groups in total. The Labute approximate surface area is 134 Å². The van der Waals surface area contributed by atoms with Crippen LogP contribution >= 0.6 is 0 Å². The summed E-state index contributed by atoms with van der Waals surface area (Å²) in [6.45, 7) is 0. The van der Waals surface area contributed by atoms with Gasteiger partial charge in [-0.15, -0.1) is 0 Å². The number of carboxylic acid groups (broad SMARTS) is 1. The maximum absolute atomic E-state index is 13.2. The molecule has 2 fully saturated rings. The van der Waals surface area contributed by atoms with Crippen LogP contribution in [0.4, 0.5) is 17.6 Å². The SMILES string of the molecule is O=C(O)C1CC2CCC1N2S(=O)(=O)c1ccc(F)cc1C(F)(F)F. The molecule has 0 aliphatic carbocycles. The zero-order chi connectivity index (χ0) is 17.9. The van der Waals surface area contributed by atoms with Crippen molar-refractivity contribution in [3.05, 3.63) is 29.6 Å². The van der Waals surface area contributed by atoms with Crippen molar-refractivity contribution in [3.8, 4) is 0 Å². The van der Waals surface area contributed by atoms with Crippen molar-refractivity contribution in [2.45, 2.75) is 42.4 Å². The first kappa shape index (κ1) is 17.2. The summed E-state index contributed by atoms with van der Waals surface area (Å²) in [5.41, 5.74) is -1.58. The molecule has 1 aromatic rings. The zero-order valence-corrected chi connectivity index (χ0v) is 12.9. The molecule has 0 amide bonds. The van der Waals surface area contributed by atoms with E-state index in [1.807, 2.05) is 0 Å². The van der Waals surface area contributed by atoms with E-state index < -0.39 is 56.4 Å². The lowest BCUT2D eigenvalue weighted by Crippen LogP contribution is -2.38. The second-order valence-electron chi connectivity index (χ2n) is 5.95. The molecule has 2 bridgehead atoms. The molecule has 3 unspecified atom stereocenters. The first-order valence-electron chi connectivity index (χ1n) is 7.16. The molecule has 0 radical (unpaired) electrons. The van der Waals surface area contributed by atoms with Crippen LogP contribution < -0.4 is 0 Å². The summed E-state index contributed by atoms with van der Waals surface area (Å²) in [7, 11) is -4.59. The van der Waals surface area contributed by atoms with Gasteiger partial charge in [0.1, 0.15) is 5.82 Å². The molecule has 0 spiro atoms. The normalized spacial score (nSPS) is 27.6. The van der Waals surface area contributed by atoms with Crippen LogP contribution in [0, 0.1) is 11.7 Å². The molecular weight excluding hydrogens is 354 g/mol. The van der Waals surface area contributed by atoms with E-state index in [0.29, 0.717) is 18.6 Å². The molecule has 3 atom stereocenters. The monoisotopic (exact) mass is 367 g/mol. The smallest absolute Gasteiger partial charge is 0.417 e. The van der Waals surface area contributed by atoms with Crippen LogP contribution in [0.3, 0.4) is 0 Å². The Morgan fingerprint density at radius 2 is 1.92 bits per heavy atom. The van der Waals surface area contributed by atoms with Crippen LogP contribution in [0.2, 0.25) is 0 Å². The Bertz CT molecular complexity index is 792. The number of rotatable bonds is 3. The summed E-state index contributed by atoms with van der Waals surface area (Å²) in [5, 5.41) is 9.16. The second kappa shape index (κ2) is 5.41. The van der Waals surface area contributed by atoms with Gasteiger partial charge in [-0.05, 0) is 37.5 Å². The van der Waals surface area contributed by atoms with Gasteiger partial charge in [0.05, 0.1) is 16.4 Å². The van der Waals surface area contributed by atoms with Gasteiger partial charge in [-0.2, -0.15) is 17.5 Å². The third-order valence-electron chi connectivity index (χ3n) is 4.59. The topological polar surface area (TPSA) is 74.7 Å². The lowest BCUT2D eigenvalue weighted by Gasteiger charge is -2.24. The van der Waals surface area contributed by atoms with E-state index >= 15 is 0 Å². The number of hydrogen-bond donors (Lipinski definition) is 1. The number of halogens is 4. The minimum Gasteiger partial charge on any atom is -0.481 e. The van der Waals surface area contributed by atoms with Gasteiger partial charge < -0.3 is 5.11 Å². The summed E-state index contributed by atoms with van der Waals surface area (Å²) in [5.74, 6) is -3.31. The van der Waals surface area contributed by atoms with Crippen molar-refractivity contribution in [1.82, 2.24) is 4.31 Å². The van der Waals surface area contributed by atoms with Crippen molar-refractivity contribution in [1.29, 1.82) is 0 Å². The lowest BCUT2D eigenvalue weighted by molar-refractivity contribution is -0.142. The van der Waals surface area contributed by atoms with Crippen LogP contribution in [0.25, 0.3) is 0 Å². The van der Waals surface area contributed by atoms with Crippen LogP contribution in [0.5, 0.6) is 0 Å². The number of alkyl halides is 3. The molecule has 24 heavy (non-hydrogen) atoms. The van der Waals surface area contributed by atoms with Crippen LogP contribution in [0.1, 0.15) is 24.8 Å². The molecule has 1 aromatic carbocycles. The largest absolute Gasteiger partial charge is 0.481 e. The van der Waals surface area contributed by atoms with Gasteiger partial charge in [0.25, 0.3) is 0 Å². The van der Waals surface area contributed by atoms with E-state index in [1.165, 1.54) is 0 Å². The van der Waals surface area contributed by atoms with Gasteiger partial charge in [-0.25, -0.2) is 12.8 Å². The van der Waals surface area contributed by atoms with Crippen molar-refractivity contribution in [2.75, 3.05) is 0 Å². The number of benzene rings is 1. The van der Waals surface area contributed by atoms with Gasteiger partial charge in [-0.1, -0.05) is 0 Å². The standard InChI is InChI=1S/C14H13F4NO4S/c15-7-1-4-12(10(5-7)14(16,17)18)24(22,23)19-8-2-3-11(19)9(6-8)13(20)21/h1,4-5,8-9,11H,2-3,6H2,(H,20,21). The highest BCUT2D eigenvalue weighted by atomic mass is 32.2. The summed E-state index contributed by atoms with van der Waals surface area (Å²) in [4.78, 5) is 10.2. The minimum atomic E-state index is -5.05. The maximum atomic E-state index is 13.2. The van der Waals surface area contributed by atoms with Crippen molar-refractivity contribution >= 4 is 16.0 Å². The molecule has 2 aliphatic rings. The molecule has 2 saturated heterocycles. The highest BCUT2D eigenvalue weighted by molar-refractivity contribution is 7.89. The van der Waals surface area contributed by atoms with Gasteiger partial charge in [-0.3, -0.25) is 4.79 Å². The zero-order valence-electron chi connectivity index (χ0n) is 12.1. The average molecular weight is 367 g/mol. The number of nitrogens with zero attached hydrogens (tertiary/aromatic N) is 1. The number of carbonyl (C=O) groups is 1. The number of aliphatic carboxylic acids is 1. The van der Waals surface area contributed by atoms with E-state index in [9.17, 15) is 30.8 Å². The van der Waals surface area contributed by atoms with Crippen molar-refractivity contribution in [3.63, 3.8) is 0 Å². The molecule has 0 aromatic heterocycles. The molecule has 10 heteroatoms. The van der Waals surface area contributed by atoms with Gasteiger partial charge in [0.15, 0.2) is 0 Å². The molecular formula is C14H13F4NO4S.